The van der Waals surface area contributed by atoms with Gasteiger partial charge in [0.05, 0.1) is 29.1 Å². The smallest absolute Gasteiger partial charge is 0.252 e. The third kappa shape index (κ3) is 2.34. The van der Waals surface area contributed by atoms with Gasteiger partial charge in [-0.2, -0.15) is 5.10 Å². The summed E-state index contributed by atoms with van der Waals surface area (Å²) in [5.74, 6) is -0.487. The van der Waals surface area contributed by atoms with Crippen molar-refractivity contribution in [1.29, 1.82) is 0 Å². The van der Waals surface area contributed by atoms with Crippen LogP contribution in [0.3, 0.4) is 0 Å². The van der Waals surface area contributed by atoms with Crippen LogP contribution in [0.2, 0.25) is 0 Å². The van der Waals surface area contributed by atoms with E-state index in [2.05, 4.69) is 10.4 Å². The molecule has 0 atom stereocenters. The van der Waals surface area contributed by atoms with Crippen LogP contribution in [0.15, 0.2) is 24.5 Å². The first kappa shape index (κ1) is 12.9. The maximum atomic E-state index is 11.6. The zero-order valence-electron chi connectivity index (χ0n) is 11.1. The second-order valence-corrected chi connectivity index (χ2v) is 5.29. The topological polar surface area (TPSA) is 92.7 Å². The van der Waals surface area contributed by atoms with Crippen LogP contribution in [0.25, 0.3) is 5.52 Å². The van der Waals surface area contributed by atoms with Crippen molar-refractivity contribution in [2.75, 3.05) is 5.32 Å². The van der Waals surface area contributed by atoms with Gasteiger partial charge in [-0.05, 0) is 37.8 Å². The van der Waals surface area contributed by atoms with E-state index in [1.807, 2.05) is 18.3 Å². The minimum atomic E-state index is -0.487. The highest BCUT2D eigenvalue weighted by atomic mass is 16.3. The third-order valence-electron chi connectivity index (χ3n) is 3.88. The second kappa shape index (κ2) is 5.13. The minimum absolute atomic E-state index is 0.200. The van der Waals surface area contributed by atoms with E-state index in [0.717, 1.165) is 36.9 Å². The number of amides is 1. The number of aromatic nitrogens is 2. The van der Waals surface area contributed by atoms with Crippen molar-refractivity contribution in [3.8, 4) is 0 Å². The van der Waals surface area contributed by atoms with E-state index < -0.39 is 5.91 Å². The van der Waals surface area contributed by atoms with Crippen molar-refractivity contribution in [3.63, 3.8) is 0 Å². The summed E-state index contributed by atoms with van der Waals surface area (Å²) < 4.78 is 1.71. The van der Waals surface area contributed by atoms with E-state index in [1.165, 1.54) is 6.20 Å². The highest BCUT2D eigenvalue weighted by molar-refractivity contribution is 6.01. The molecule has 6 nitrogen and oxygen atoms in total. The number of primary amides is 1. The van der Waals surface area contributed by atoms with Crippen molar-refractivity contribution < 1.29 is 9.90 Å². The standard InChI is InChI=1S/C14H18N4O2/c15-14(20)11-8-16-18-7-1-2-12(18)13(11)17-9-3-5-10(19)6-4-9/h1-2,7-10,17,19H,3-6H2,(H2,15,20)/t9-,10-. The van der Waals surface area contributed by atoms with Gasteiger partial charge in [-0.25, -0.2) is 4.52 Å². The average molecular weight is 274 g/mol. The highest BCUT2D eigenvalue weighted by Gasteiger charge is 2.22. The Hall–Kier alpha value is -2.08. The SMILES string of the molecule is NC(=O)c1cnn2cccc2c1N[C@H]1CC[C@H](O)CC1. The molecule has 106 valence electrons. The van der Waals surface area contributed by atoms with Gasteiger partial charge in [0.25, 0.3) is 5.91 Å². The largest absolute Gasteiger partial charge is 0.393 e. The number of nitrogens with two attached hydrogens (primary N) is 1. The maximum Gasteiger partial charge on any atom is 0.252 e. The number of aliphatic hydroxyl groups is 1. The first-order chi connectivity index (χ1) is 9.65. The summed E-state index contributed by atoms with van der Waals surface area (Å²) >= 11 is 0. The normalized spacial score (nSPS) is 22.9. The molecule has 2 aromatic rings. The molecular weight excluding hydrogens is 256 g/mol. The molecule has 1 saturated carbocycles. The molecular formula is C14H18N4O2. The van der Waals surface area contributed by atoms with Crippen LogP contribution in [0.1, 0.15) is 36.0 Å². The number of carbonyl (C=O) groups excluding carboxylic acids is 1. The summed E-state index contributed by atoms with van der Waals surface area (Å²) in [6.45, 7) is 0. The van der Waals surface area contributed by atoms with Crippen molar-refractivity contribution in [1.82, 2.24) is 9.61 Å². The van der Waals surface area contributed by atoms with Gasteiger partial charge >= 0.3 is 0 Å². The molecule has 0 spiro atoms. The summed E-state index contributed by atoms with van der Waals surface area (Å²) in [5, 5.41) is 17.1. The number of carbonyl (C=O) groups is 1. The van der Waals surface area contributed by atoms with E-state index in [0.29, 0.717) is 5.56 Å². The average Bonchev–Trinajstić information content (AvgIpc) is 2.90. The molecule has 0 aliphatic heterocycles. The number of nitrogens with one attached hydrogen (secondary N) is 1. The lowest BCUT2D eigenvalue weighted by Gasteiger charge is -2.27. The Morgan fingerprint density at radius 2 is 2.15 bits per heavy atom. The van der Waals surface area contributed by atoms with Crippen LogP contribution in [-0.2, 0) is 0 Å². The van der Waals surface area contributed by atoms with E-state index in [4.69, 9.17) is 5.73 Å². The molecule has 0 bridgehead atoms. The Morgan fingerprint density at radius 3 is 2.85 bits per heavy atom. The van der Waals surface area contributed by atoms with Crippen molar-refractivity contribution in [3.05, 3.63) is 30.1 Å². The molecule has 2 aromatic heterocycles. The lowest BCUT2D eigenvalue weighted by atomic mass is 9.93. The van der Waals surface area contributed by atoms with Gasteiger partial charge in [0, 0.05) is 12.2 Å². The number of hydrogen-bond donors (Lipinski definition) is 3. The number of fused-ring (bicyclic) bond motifs is 1. The van der Waals surface area contributed by atoms with Crippen molar-refractivity contribution >= 4 is 17.1 Å². The molecule has 1 aliphatic carbocycles. The van der Waals surface area contributed by atoms with Gasteiger partial charge in [0.1, 0.15) is 0 Å². The zero-order chi connectivity index (χ0) is 14.1. The Labute approximate surface area is 116 Å². The first-order valence-corrected chi connectivity index (χ1v) is 6.86. The molecule has 1 fully saturated rings. The van der Waals surface area contributed by atoms with E-state index in [-0.39, 0.29) is 12.1 Å². The monoisotopic (exact) mass is 274 g/mol. The first-order valence-electron chi connectivity index (χ1n) is 6.86. The highest BCUT2D eigenvalue weighted by Crippen LogP contribution is 2.27. The van der Waals surface area contributed by atoms with Crippen LogP contribution in [0, 0.1) is 0 Å². The molecule has 0 unspecified atom stereocenters. The predicted octanol–water partition coefficient (Wildman–Crippen LogP) is 1.15. The lowest BCUT2D eigenvalue weighted by molar-refractivity contribution is 0.1000. The molecule has 20 heavy (non-hydrogen) atoms. The van der Waals surface area contributed by atoms with Crippen LogP contribution in [0.4, 0.5) is 5.69 Å². The number of aliphatic hydroxyl groups excluding tert-OH is 1. The van der Waals surface area contributed by atoms with E-state index in [1.54, 1.807) is 4.52 Å². The second-order valence-electron chi connectivity index (χ2n) is 5.29. The quantitative estimate of drug-likeness (QED) is 0.782. The number of nitrogens with zero attached hydrogens (tertiary/aromatic N) is 2. The molecule has 6 heteroatoms. The number of anilines is 1. The maximum absolute atomic E-state index is 11.6. The Kier molecular flexibility index (Phi) is 3.31. The molecule has 0 radical (unpaired) electrons. The van der Waals surface area contributed by atoms with Crippen LogP contribution in [0.5, 0.6) is 0 Å². The van der Waals surface area contributed by atoms with Crippen LogP contribution < -0.4 is 11.1 Å². The fourth-order valence-electron chi connectivity index (χ4n) is 2.76. The van der Waals surface area contributed by atoms with Gasteiger partial charge in [0.2, 0.25) is 0 Å². The Morgan fingerprint density at radius 1 is 1.40 bits per heavy atom. The van der Waals surface area contributed by atoms with E-state index in [9.17, 15) is 9.90 Å². The number of hydrogen-bond acceptors (Lipinski definition) is 4. The minimum Gasteiger partial charge on any atom is -0.393 e. The number of rotatable bonds is 3. The summed E-state index contributed by atoms with van der Waals surface area (Å²) in [5.41, 5.74) is 7.41. The van der Waals surface area contributed by atoms with Gasteiger partial charge in [-0.3, -0.25) is 4.79 Å². The fourth-order valence-corrected chi connectivity index (χ4v) is 2.76. The van der Waals surface area contributed by atoms with Gasteiger partial charge in [-0.15, -0.1) is 0 Å². The molecule has 2 heterocycles. The van der Waals surface area contributed by atoms with Gasteiger partial charge in [0.15, 0.2) is 0 Å². The molecule has 3 rings (SSSR count). The summed E-state index contributed by atoms with van der Waals surface area (Å²) in [6, 6.07) is 4.03. The van der Waals surface area contributed by atoms with Crippen LogP contribution >= 0.6 is 0 Å². The molecule has 1 aliphatic rings. The van der Waals surface area contributed by atoms with Crippen molar-refractivity contribution in [2.24, 2.45) is 5.73 Å². The molecule has 4 N–H and O–H groups in total. The van der Waals surface area contributed by atoms with Crippen molar-refractivity contribution in [2.45, 2.75) is 37.8 Å². The molecule has 0 saturated heterocycles. The van der Waals surface area contributed by atoms with Gasteiger partial charge in [-0.1, -0.05) is 0 Å². The zero-order valence-corrected chi connectivity index (χ0v) is 11.1. The summed E-state index contributed by atoms with van der Waals surface area (Å²) in [4.78, 5) is 11.6. The lowest BCUT2D eigenvalue weighted by Crippen LogP contribution is -2.29. The molecule has 0 aromatic carbocycles. The summed E-state index contributed by atoms with van der Waals surface area (Å²) in [7, 11) is 0. The van der Waals surface area contributed by atoms with E-state index >= 15 is 0 Å². The fraction of sp³-hybridized carbons (Fsp3) is 0.429. The Bertz CT molecular complexity index is 629. The third-order valence-corrected chi connectivity index (χ3v) is 3.88. The van der Waals surface area contributed by atoms with Gasteiger partial charge < -0.3 is 16.2 Å². The molecule has 1 amide bonds. The predicted molar refractivity (Wildman–Crippen MR) is 75.6 cm³/mol. The summed E-state index contributed by atoms with van der Waals surface area (Å²) in [6.07, 6.45) is 6.46. The Balaban J connectivity index is 1.94. The van der Waals surface area contributed by atoms with Crippen LogP contribution in [-0.4, -0.2) is 32.8 Å².